The molecule has 0 spiro atoms. The van der Waals surface area contributed by atoms with Gasteiger partial charge in [0.05, 0.1) is 6.61 Å². The van der Waals surface area contributed by atoms with Crippen molar-refractivity contribution in [1.82, 2.24) is 0 Å². The van der Waals surface area contributed by atoms with Gasteiger partial charge in [-0.25, -0.2) is 4.39 Å². The number of benzene rings is 1. The van der Waals surface area contributed by atoms with Crippen LogP contribution in [0.2, 0.25) is 0 Å². The first kappa shape index (κ1) is 29.4. The van der Waals surface area contributed by atoms with Crippen molar-refractivity contribution in [3.05, 3.63) is 53.9 Å². The summed E-state index contributed by atoms with van der Waals surface area (Å²) in [6, 6.07) is 5.45. The normalized spacial score (nSPS) is 30.1. The van der Waals surface area contributed by atoms with Crippen LogP contribution in [0.5, 0.6) is 5.75 Å². The number of hydrogen-bond acceptors (Lipinski definition) is 1. The van der Waals surface area contributed by atoms with Gasteiger partial charge in [0, 0.05) is 12.0 Å². The van der Waals surface area contributed by atoms with Crippen LogP contribution in [-0.4, -0.2) is 6.61 Å². The van der Waals surface area contributed by atoms with Crippen molar-refractivity contribution >= 4 is 0 Å². The molecule has 2 atom stereocenters. The third kappa shape index (κ3) is 9.27. The second-order valence-electron chi connectivity index (χ2n) is 12.9. The fraction of sp³-hybridized carbons (Fsp3) is 0.722. The van der Waals surface area contributed by atoms with E-state index in [1.165, 1.54) is 83.5 Å². The molecular formula is C36H55FO. The largest absolute Gasteiger partial charge is 0.493 e. The number of rotatable bonds is 13. The Hall–Kier alpha value is -1.57. The van der Waals surface area contributed by atoms with Gasteiger partial charge in [0.15, 0.2) is 0 Å². The molecule has 0 aromatic heterocycles. The molecule has 0 heterocycles. The summed E-state index contributed by atoms with van der Waals surface area (Å²) in [5, 5.41) is 0. The Morgan fingerprint density at radius 3 is 2.13 bits per heavy atom. The van der Waals surface area contributed by atoms with Gasteiger partial charge in [-0.3, -0.25) is 0 Å². The molecule has 3 aliphatic carbocycles. The fourth-order valence-electron chi connectivity index (χ4n) is 7.26. The number of aryl methyl sites for hydroxylation is 1. The number of allylic oxidation sites excluding steroid dienone is 3. The van der Waals surface area contributed by atoms with E-state index >= 15 is 0 Å². The molecule has 2 fully saturated rings. The first-order chi connectivity index (χ1) is 18.6. The van der Waals surface area contributed by atoms with Crippen molar-refractivity contribution in [3.8, 4) is 5.75 Å². The molecule has 38 heavy (non-hydrogen) atoms. The summed E-state index contributed by atoms with van der Waals surface area (Å²) >= 11 is 0. The highest BCUT2D eigenvalue weighted by atomic mass is 19.1. The van der Waals surface area contributed by atoms with Crippen LogP contribution in [0.4, 0.5) is 4.39 Å². The molecule has 0 saturated heterocycles. The van der Waals surface area contributed by atoms with Crippen molar-refractivity contribution in [2.24, 2.45) is 35.5 Å². The predicted octanol–water partition coefficient (Wildman–Crippen LogP) is 10.9. The second-order valence-corrected chi connectivity index (χ2v) is 12.9. The molecular weight excluding hydrogens is 467 g/mol. The predicted molar refractivity (Wildman–Crippen MR) is 160 cm³/mol. The third-order valence-corrected chi connectivity index (χ3v) is 9.97. The topological polar surface area (TPSA) is 9.23 Å². The third-order valence-electron chi connectivity index (χ3n) is 9.97. The summed E-state index contributed by atoms with van der Waals surface area (Å²) in [6.07, 6.45) is 32.3. The quantitative estimate of drug-likeness (QED) is 0.185. The lowest BCUT2D eigenvalue weighted by Gasteiger charge is -2.34. The van der Waals surface area contributed by atoms with Crippen molar-refractivity contribution < 1.29 is 9.13 Å². The van der Waals surface area contributed by atoms with E-state index in [2.05, 4.69) is 38.2 Å². The van der Waals surface area contributed by atoms with Crippen LogP contribution in [0.3, 0.4) is 0 Å². The average molecular weight is 523 g/mol. The standard InChI is InChI=1S/C36H55FO/c1-3-5-7-9-34-24-25-35(26-36(34)37)38-27-31-18-22-33(23-19-31)32-20-16-30(17-21-32)15-14-29-12-10-28(11-13-29)8-6-4-2/h14-15,18,22,24-26,28-33H,3-13,16-17,19-21,23,27H2,1-2H3. The molecule has 0 aliphatic heterocycles. The second kappa shape index (κ2) is 15.9. The lowest BCUT2D eigenvalue weighted by atomic mass is 9.71. The molecule has 212 valence electrons. The average Bonchev–Trinajstić information content (AvgIpc) is 2.96. The van der Waals surface area contributed by atoms with Gasteiger partial charge in [-0.05, 0) is 118 Å². The van der Waals surface area contributed by atoms with Gasteiger partial charge in [0.2, 0.25) is 0 Å². The Morgan fingerprint density at radius 2 is 1.50 bits per heavy atom. The van der Waals surface area contributed by atoms with Crippen molar-refractivity contribution in [3.63, 3.8) is 0 Å². The SMILES string of the molecule is CCCCCc1ccc(OCC2C=CC(C3CCC(C=CC4CCC(CCCC)CC4)CC3)CC2)cc1F. The molecule has 3 aliphatic rings. The molecule has 1 aromatic carbocycles. The molecule has 2 unspecified atom stereocenters. The number of hydrogen-bond donors (Lipinski definition) is 0. The molecule has 1 aromatic rings. The van der Waals surface area contributed by atoms with Gasteiger partial charge in [0.25, 0.3) is 0 Å². The van der Waals surface area contributed by atoms with Gasteiger partial charge in [-0.15, -0.1) is 0 Å². The Morgan fingerprint density at radius 1 is 0.789 bits per heavy atom. The monoisotopic (exact) mass is 522 g/mol. The van der Waals surface area contributed by atoms with Gasteiger partial charge < -0.3 is 4.74 Å². The molecule has 0 bridgehead atoms. The van der Waals surface area contributed by atoms with Crippen LogP contribution < -0.4 is 4.74 Å². The van der Waals surface area contributed by atoms with E-state index in [1.54, 1.807) is 6.07 Å². The smallest absolute Gasteiger partial charge is 0.130 e. The maximum atomic E-state index is 14.4. The minimum Gasteiger partial charge on any atom is -0.493 e. The Labute approximate surface area is 233 Å². The van der Waals surface area contributed by atoms with E-state index < -0.39 is 0 Å². The molecule has 2 heteroatoms. The molecule has 0 radical (unpaired) electrons. The van der Waals surface area contributed by atoms with Crippen molar-refractivity contribution in [2.45, 2.75) is 123 Å². The van der Waals surface area contributed by atoms with Gasteiger partial charge in [0.1, 0.15) is 11.6 Å². The van der Waals surface area contributed by atoms with Crippen LogP contribution in [0.1, 0.15) is 122 Å². The van der Waals surface area contributed by atoms with E-state index in [0.717, 1.165) is 60.8 Å². The Kier molecular flexibility index (Phi) is 12.3. The highest BCUT2D eigenvalue weighted by Gasteiger charge is 2.28. The molecule has 0 N–H and O–H groups in total. The van der Waals surface area contributed by atoms with Gasteiger partial charge >= 0.3 is 0 Å². The minimum absolute atomic E-state index is 0.113. The number of unbranched alkanes of at least 4 members (excludes halogenated alkanes) is 3. The summed E-state index contributed by atoms with van der Waals surface area (Å²) in [5.41, 5.74) is 0.821. The fourth-order valence-corrected chi connectivity index (χ4v) is 7.26. The summed E-state index contributed by atoms with van der Waals surface area (Å²) in [5.74, 6) is 5.30. The van der Waals surface area contributed by atoms with E-state index in [1.807, 2.05) is 12.1 Å². The molecule has 4 rings (SSSR count). The zero-order chi connectivity index (χ0) is 26.6. The zero-order valence-corrected chi connectivity index (χ0v) is 24.5. The highest BCUT2D eigenvalue weighted by molar-refractivity contribution is 5.29. The first-order valence-corrected chi connectivity index (χ1v) is 16.4. The minimum atomic E-state index is -0.113. The molecule has 1 nitrogen and oxygen atoms in total. The van der Waals surface area contributed by atoms with Crippen LogP contribution in [0.25, 0.3) is 0 Å². The summed E-state index contributed by atoms with van der Waals surface area (Å²) in [4.78, 5) is 0. The van der Waals surface area contributed by atoms with Crippen molar-refractivity contribution in [2.75, 3.05) is 6.61 Å². The van der Waals surface area contributed by atoms with E-state index in [9.17, 15) is 4.39 Å². The van der Waals surface area contributed by atoms with E-state index in [-0.39, 0.29) is 5.82 Å². The van der Waals surface area contributed by atoms with Crippen LogP contribution in [-0.2, 0) is 6.42 Å². The zero-order valence-electron chi connectivity index (χ0n) is 24.5. The lowest BCUT2D eigenvalue weighted by Crippen LogP contribution is -2.24. The van der Waals surface area contributed by atoms with Crippen molar-refractivity contribution in [1.29, 1.82) is 0 Å². The Bertz CT molecular complexity index is 856. The van der Waals surface area contributed by atoms with E-state index in [0.29, 0.717) is 18.3 Å². The van der Waals surface area contributed by atoms with Crippen LogP contribution >= 0.6 is 0 Å². The summed E-state index contributed by atoms with van der Waals surface area (Å²) in [7, 11) is 0. The molecule has 2 saturated carbocycles. The Balaban J connectivity index is 1.13. The first-order valence-electron chi connectivity index (χ1n) is 16.4. The molecule has 0 amide bonds. The number of ether oxygens (including phenoxy) is 1. The highest BCUT2D eigenvalue weighted by Crippen LogP contribution is 2.40. The van der Waals surface area contributed by atoms with Crippen LogP contribution in [0, 0.1) is 41.3 Å². The summed E-state index contributed by atoms with van der Waals surface area (Å²) < 4.78 is 20.4. The number of halogens is 1. The maximum Gasteiger partial charge on any atom is 0.130 e. The summed E-state index contributed by atoms with van der Waals surface area (Å²) in [6.45, 7) is 5.16. The van der Waals surface area contributed by atoms with Crippen LogP contribution in [0.15, 0.2) is 42.5 Å². The maximum absolute atomic E-state index is 14.4. The lowest BCUT2D eigenvalue weighted by molar-refractivity contribution is 0.210. The van der Waals surface area contributed by atoms with Gasteiger partial charge in [-0.2, -0.15) is 0 Å². The van der Waals surface area contributed by atoms with E-state index in [4.69, 9.17) is 4.74 Å². The van der Waals surface area contributed by atoms with Gasteiger partial charge in [-0.1, -0.05) is 76.3 Å².